The lowest BCUT2D eigenvalue weighted by atomic mass is 10.1. The lowest BCUT2D eigenvalue weighted by Crippen LogP contribution is -2.43. The van der Waals surface area contributed by atoms with Crippen molar-refractivity contribution in [1.29, 1.82) is 0 Å². The van der Waals surface area contributed by atoms with Crippen LogP contribution in [0.2, 0.25) is 0 Å². The van der Waals surface area contributed by atoms with E-state index in [-0.39, 0.29) is 10.7 Å². The summed E-state index contributed by atoms with van der Waals surface area (Å²) in [5, 5.41) is 17.9. The maximum atomic E-state index is 12.5. The highest BCUT2D eigenvalue weighted by Crippen LogP contribution is 2.34. The van der Waals surface area contributed by atoms with Crippen molar-refractivity contribution in [1.82, 2.24) is 4.90 Å². The number of rotatable bonds is 7. The Morgan fingerprint density at radius 3 is 2.72 bits per heavy atom. The molecule has 1 aromatic carbocycles. The summed E-state index contributed by atoms with van der Waals surface area (Å²) in [6.07, 6.45) is 1.81. The normalized spacial score (nSPS) is 17.0. The molecule has 0 radical (unpaired) electrons. The van der Waals surface area contributed by atoms with Gasteiger partial charge in [-0.2, -0.15) is 0 Å². The highest BCUT2D eigenvalue weighted by molar-refractivity contribution is 8.26. The second-order valence-corrected chi connectivity index (χ2v) is 6.74. The molecule has 1 fully saturated rings. The number of hydrogen-bond donors (Lipinski definition) is 2. The first-order chi connectivity index (χ1) is 11.8. The number of carboxylic acid groups (broad SMARTS) is 2. The third-order valence-corrected chi connectivity index (χ3v) is 4.66. The minimum Gasteiger partial charge on any atom is -0.482 e. The topological polar surface area (TPSA) is 104 Å². The minimum atomic E-state index is -1.11. The average Bonchev–Trinajstić information content (AvgIpc) is 2.81. The van der Waals surface area contributed by atoms with Gasteiger partial charge in [0.05, 0.1) is 4.91 Å². The molecule has 1 heterocycles. The van der Waals surface area contributed by atoms with Crippen molar-refractivity contribution in [3.05, 3.63) is 34.7 Å². The molecule has 9 heteroatoms. The number of ether oxygens (including phenoxy) is 1. The Balaban J connectivity index is 2.23. The molecule has 132 valence electrons. The summed E-state index contributed by atoms with van der Waals surface area (Å²) in [5.41, 5.74) is 0.617. The molecule has 1 atom stereocenters. The van der Waals surface area contributed by atoms with E-state index in [1.54, 1.807) is 37.3 Å². The lowest BCUT2D eigenvalue weighted by molar-refractivity contribution is -0.145. The molecule has 1 aliphatic heterocycles. The van der Waals surface area contributed by atoms with Gasteiger partial charge in [0.15, 0.2) is 6.61 Å². The van der Waals surface area contributed by atoms with Crippen molar-refractivity contribution in [2.24, 2.45) is 0 Å². The number of thioether (sulfide) groups is 1. The monoisotopic (exact) mass is 381 g/mol. The van der Waals surface area contributed by atoms with Crippen LogP contribution >= 0.6 is 24.0 Å². The molecular weight excluding hydrogens is 366 g/mol. The van der Waals surface area contributed by atoms with Crippen molar-refractivity contribution in [3.63, 3.8) is 0 Å². The van der Waals surface area contributed by atoms with Crippen LogP contribution in [-0.2, 0) is 14.4 Å². The van der Waals surface area contributed by atoms with Gasteiger partial charge in [0.25, 0.3) is 5.91 Å². The lowest BCUT2D eigenvalue weighted by Gasteiger charge is -2.21. The zero-order chi connectivity index (χ0) is 18.6. The first-order valence-electron chi connectivity index (χ1n) is 7.28. The van der Waals surface area contributed by atoms with E-state index in [1.807, 2.05) is 0 Å². The van der Waals surface area contributed by atoms with Gasteiger partial charge in [0.2, 0.25) is 0 Å². The first kappa shape index (κ1) is 18.9. The molecule has 0 bridgehead atoms. The number of carbonyl (C=O) groups is 3. The predicted octanol–water partition coefficient (Wildman–Crippen LogP) is 2.21. The summed E-state index contributed by atoms with van der Waals surface area (Å²) in [5.74, 6) is -2.31. The van der Waals surface area contributed by atoms with Crippen LogP contribution in [0, 0.1) is 0 Å². The van der Waals surface area contributed by atoms with Gasteiger partial charge in [-0.15, -0.1) is 0 Å². The van der Waals surface area contributed by atoms with E-state index < -0.39 is 30.5 Å². The van der Waals surface area contributed by atoms with Crippen LogP contribution in [0.5, 0.6) is 5.75 Å². The van der Waals surface area contributed by atoms with Gasteiger partial charge in [-0.3, -0.25) is 9.69 Å². The Morgan fingerprint density at radius 1 is 1.40 bits per heavy atom. The molecular formula is C16H15NO6S2. The molecule has 1 saturated heterocycles. The zero-order valence-corrected chi connectivity index (χ0v) is 14.8. The van der Waals surface area contributed by atoms with Crippen molar-refractivity contribution >= 4 is 52.2 Å². The smallest absolute Gasteiger partial charge is 0.341 e. The number of nitrogens with zero attached hydrogens (tertiary/aromatic N) is 1. The Labute approximate surface area is 153 Å². The molecule has 2 rings (SSSR count). The molecule has 25 heavy (non-hydrogen) atoms. The van der Waals surface area contributed by atoms with Crippen molar-refractivity contribution in [3.8, 4) is 5.75 Å². The molecule has 7 nitrogen and oxygen atoms in total. The fraction of sp³-hybridized carbons (Fsp3) is 0.250. The Bertz CT molecular complexity index is 761. The van der Waals surface area contributed by atoms with E-state index in [0.29, 0.717) is 16.2 Å². The summed E-state index contributed by atoms with van der Waals surface area (Å²) >= 11 is 6.18. The number of carbonyl (C=O) groups excluding carboxylic acids is 1. The van der Waals surface area contributed by atoms with E-state index in [1.165, 1.54) is 0 Å². The molecule has 0 aromatic heterocycles. The summed E-state index contributed by atoms with van der Waals surface area (Å²) in [4.78, 5) is 35.8. The van der Waals surface area contributed by atoms with Gasteiger partial charge in [0, 0.05) is 0 Å². The van der Waals surface area contributed by atoms with Gasteiger partial charge < -0.3 is 14.9 Å². The third-order valence-electron chi connectivity index (χ3n) is 3.33. The van der Waals surface area contributed by atoms with Gasteiger partial charge in [-0.05, 0) is 30.2 Å². The summed E-state index contributed by atoms with van der Waals surface area (Å²) < 4.78 is 5.29. The molecule has 0 spiro atoms. The molecule has 2 N–H and O–H groups in total. The van der Waals surface area contributed by atoms with E-state index in [0.717, 1.165) is 16.7 Å². The van der Waals surface area contributed by atoms with Gasteiger partial charge >= 0.3 is 11.9 Å². The Morgan fingerprint density at radius 2 is 2.12 bits per heavy atom. The zero-order valence-electron chi connectivity index (χ0n) is 13.2. The molecule has 1 aromatic rings. The summed E-state index contributed by atoms with van der Waals surface area (Å²) in [6.45, 7) is 1.20. The number of carboxylic acids is 2. The van der Waals surface area contributed by atoms with Gasteiger partial charge in [-0.1, -0.05) is 43.0 Å². The number of hydrogen-bond acceptors (Lipinski definition) is 6. The minimum absolute atomic E-state index is 0.198. The Hall–Kier alpha value is -2.39. The van der Waals surface area contributed by atoms with Crippen molar-refractivity contribution < 1.29 is 29.3 Å². The van der Waals surface area contributed by atoms with E-state index in [4.69, 9.17) is 22.1 Å². The molecule has 1 aliphatic rings. The summed E-state index contributed by atoms with van der Waals surface area (Å²) in [7, 11) is 0. The van der Waals surface area contributed by atoms with Gasteiger partial charge in [-0.25, -0.2) is 9.59 Å². The Kier molecular flexibility index (Phi) is 6.16. The van der Waals surface area contributed by atoms with Gasteiger partial charge in [0.1, 0.15) is 16.1 Å². The second kappa shape index (κ2) is 8.13. The largest absolute Gasteiger partial charge is 0.482 e. The number of amides is 1. The maximum Gasteiger partial charge on any atom is 0.341 e. The standard InChI is InChI=1S/C16H15NO6S2/c1-2-11(15(21)22)17-14(20)12(25-16(17)24)7-9-4-3-5-10(6-9)23-8-13(18)19/h3-7,11H,2,8H2,1H3,(H,18,19)(H,21,22)/b12-7-. The quantitative estimate of drug-likeness (QED) is 0.547. The van der Waals surface area contributed by atoms with Crippen LogP contribution in [0.1, 0.15) is 18.9 Å². The molecule has 1 amide bonds. The van der Waals surface area contributed by atoms with E-state index >= 15 is 0 Å². The number of benzene rings is 1. The fourth-order valence-electron chi connectivity index (χ4n) is 2.21. The molecule has 1 unspecified atom stereocenters. The third kappa shape index (κ3) is 4.58. The van der Waals surface area contributed by atoms with Crippen LogP contribution in [0.4, 0.5) is 0 Å². The van der Waals surface area contributed by atoms with Crippen molar-refractivity contribution in [2.45, 2.75) is 19.4 Å². The number of aliphatic carboxylic acids is 2. The van der Waals surface area contributed by atoms with Crippen LogP contribution in [0.15, 0.2) is 29.2 Å². The highest BCUT2D eigenvalue weighted by atomic mass is 32.2. The van der Waals surface area contributed by atoms with Crippen LogP contribution in [-0.4, -0.2) is 49.9 Å². The molecule has 0 saturated carbocycles. The van der Waals surface area contributed by atoms with E-state index in [9.17, 15) is 19.5 Å². The van der Waals surface area contributed by atoms with Crippen molar-refractivity contribution in [2.75, 3.05) is 6.61 Å². The second-order valence-electron chi connectivity index (χ2n) is 5.07. The van der Waals surface area contributed by atoms with Crippen LogP contribution < -0.4 is 4.74 Å². The summed E-state index contributed by atoms with van der Waals surface area (Å²) in [6, 6.07) is 5.57. The maximum absolute atomic E-state index is 12.5. The SMILES string of the molecule is CCC(C(=O)O)N1C(=O)/C(=C/c2cccc(OCC(=O)O)c2)SC1=S. The molecule has 0 aliphatic carbocycles. The van der Waals surface area contributed by atoms with Crippen LogP contribution in [0.3, 0.4) is 0 Å². The predicted molar refractivity (Wildman–Crippen MR) is 96.3 cm³/mol. The fourth-order valence-corrected chi connectivity index (χ4v) is 3.56. The highest BCUT2D eigenvalue weighted by Gasteiger charge is 2.39. The van der Waals surface area contributed by atoms with E-state index in [2.05, 4.69) is 0 Å². The number of thiocarbonyl (C=S) groups is 1. The van der Waals surface area contributed by atoms with Crippen LogP contribution in [0.25, 0.3) is 6.08 Å². The first-order valence-corrected chi connectivity index (χ1v) is 8.50. The average molecular weight is 381 g/mol.